The molecule has 0 saturated carbocycles. The van der Waals surface area contributed by atoms with Crippen molar-refractivity contribution in [2.45, 2.75) is 32.9 Å². The number of halogens is 1. The Morgan fingerprint density at radius 3 is 2.71 bits per heavy atom. The number of carbonyl (C=O) groups is 2. The Morgan fingerprint density at radius 2 is 2.00 bits per heavy atom. The third-order valence-electron chi connectivity index (χ3n) is 4.00. The number of hydrogen-bond donors (Lipinski definition) is 1. The number of thiophene rings is 1. The van der Waals surface area contributed by atoms with E-state index in [9.17, 15) is 9.59 Å². The summed E-state index contributed by atoms with van der Waals surface area (Å²) in [4.78, 5) is 25.1. The first-order valence-electron chi connectivity index (χ1n) is 8.77. The van der Waals surface area contributed by atoms with Gasteiger partial charge in [0.25, 0.3) is 5.91 Å². The van der Waals surface area contributed by atoms with Crippen molar-refractivity contribution in [1.82, 2.24) is 9.78 Å². The van der Waals surface area contributed by atoms with E-state index in [1.165, 1.54) is 24.3 Å². The molecule has 0 fully saturated rings. The predicted molar refractivity (Wildman–Crippen MR) is 113 cm³/mol. The Balaban J connectivity index is 1.61. The molecule has 1 atom stereocenters. The van der Waals surface area contributed by atoms with Crippen molar-refractivity contribution < 1.29 is 14.3 Å². The van der Waals surface area contributed by atoms with Gasteiger partial charge in [-0.3, -0.25) is 4.79 Å². The van der Waals surface area contributed by atoms with E-state index in [-0.39, 0.29) is 6.04 Å². The molecule has 1 unspecified atom stereocenters. The van der Waals surface area contributed by atoms with Crippen molar-refractivity contribution in [1.29, 1.82) is 0 Å². The van der Waals surface area contributed by atoms with Crippen molar-refractivity contribution >= 4 is 56.8 Å². The van der Waals surface area contributed by atoms with Crippen LogP contribution in [0.25, 0.3) is 16.2 Å². The van der Waals surface area contributed by atoms with Crippen molar-refractivity contribution in [3.05, 3.63) is 52.5 Å². The lowest BCUT2D eigenvalue weighted by Gasteiger charge is -2.15. The first-order chi connectivity index (χ1) is 13.4. The summed E-state index contributed by atoms with van der Waals surface area (Å²) in [7, 11) is 0. The molecule has 0 aliphatic carbocycles. The summed E-state index contributed by atoms with van der Waals surface area (Å²) in [6.07, 6.45) is 3.53. The van der Waals surface area contributed by atoms with Crippen LogP contribution in [0.4, 0.5) is 5.82 Å². The fourth-order valence-electron chi connectivity index (χ4n) is 2.60. The van der Waals surface area contributed by atoms with Gasteiger partial charge < -0.3 is 10.1 Å². The second kappa shape index (κ2) is 8.58. The van der Waals surface area contributed by atoms with Crippen LogP contribution in [0.1, 0.15) is 31.7 Å². The number of benzene rings is 1. The molecule has 0 spiro atoms. The van der Waals surface area contributed by atoms with Gasteiger partial charge in [0, 0.05) is 33.1 Å². The molecule has 146 valence electrons. The molecule has 3 rings (SSSR count). The Labute approximate surface area is 171 Å². The van der Waals surface area contributed by atoms with Crippen LogP contribution in [0.2, 0.25) is 5.02 Å². The molecule has 1 aromatic carbocycles. The molecule has 28 heavy (non-hydrogen) atoms. The number of rotatable bonds is 6. The Morgan fingerprint density at radius 1 is 1.25 bits per heavy atom. The average molecular weight is 418 g/mol. The minimum atomic E-state index is -0.953. The van der Waals surface area contributed by atoms with Gasteiger partial charge in [0.2, 0.25) is 0 Å². The molecule has 0 aliphatic heterocycles. The maximum Gasteiger partial charge on any atom is 0.331 e. The van der Waals surface area contributed by atoms with Crippen LogP contribution in [0.5, 0.6) is 0 Å². The zero-order chi connectivity index (χ0) is 20.3. The number of amides is 1. The Hall–Kier alpha value is -2.64. The highest BCUT2D eigenvalue weighted by molar-refractivity contribution is 7.20. The number of anilines is 1. The SMILES string of the molecule is CC(OC(=O)/C=C/c1sc2ccccc2c1Cl)C(=O)Nc1ccnn1C(C)C. The molecular formula is C20H20ClN3O3S. The number of fused-ring (bicyclic) bond motifs is 1. The highest BCUT2D eigenvalue weighted by atomic mass is 35.5. The monoisotopic (exact) mass is 417 g/mol. The van der Waals surface area contributed by atoms with Gasteiger partial charge in [0.15, 0.2) is 6.10 Å². The van der Waals surface area contributed by atoms with Crippen LogP contribution in [0, 0.1) is 0 Å². The van der Waals surface area contributed by atoms with E-state index in [1.807, 2.05) is 38.1 Å². The van der Waals surface area contributed by atoms with Crippen molar-refractivity contribution in [3.8, 4) is 0 Å². The van der Waals surface area contributed by atoms with Gasteiger partial charge >= 0.3 is 5.97 Å². The molecule has 8 heteroatoms. The number of ether oxygens (including phenoxy) is 1. The van der Waals surface area contributed by atoms with Gasteiger partial charge in [-0.2, -0.15) is 5.10 Å². The standard InChI is InChI=1S/C20H20ClN3O3S/c1-12(2)24-17(10-11-22-24)23-20(26)13(3)27-18(25)9-8-16-19(21)14-6-4-5-7-15(14)28-16/h4-13H,1-3H3,(H,23,26)/b9-8+. The lowest BCUT2D eigenvalue weighted by atomic mass is 10.2. The van der Waals surface area contributed by atoms with Crippen molar-refractivity contribution in [3.63, 3.8) is 0 Å². The minimum Gasteiger partial charge on any atom is -0.449 e. The molecule has 0 saturated heterocycles. The van der Waals surface area contributed by atoms with Gasteiger partial charge in [0.05, 0.1) is 11.2 Å². The molecular weight excluding hydrogens is 398 g/mol. The summed E-state index contributed by atoms with van der Waals surface area (Å²) in [6.45, 7) is 5.43. The average Bonchev–Trinajstić information content (AvgIpc) is 3.25. The lowest BCUT2D eigenvalue weighted by molar-refractivity contribution is -0.148. The van der Waals surface area contributed by atoms with E-state index >= 15 is 0 Å². The molecule has 0 bridgehead atoms. The van der Waals surface area contributed by atoms with Gasteiger partial charge in [0.1, 0.15) is 5.82 Å². The number of aromatic nitrogens is 2. The second-order valence-corrected chi connectivity index (χ2v) is 7.89. The van der Waals surface area contributed by atoms with Crippen molar-refractivity contribution in [2.24, 2.45) is 0 Å². The molecule has 1 amide bonds. The van der Waals surface area contributed by atoms with Crippen LogP contribution < -0.4 is 5.32 Å². The summed E-state index contributed by atoms with van der Waals surface area (Å²) in [5, 5.41) is 8.40. The van der Waals surface area contributed by atoms with Gasteiger partial charge in [-0.15, -0.1) is 11.3 Å². The number of nitrogens with zero attached hydrogens (tertiary/aromatic N) is 2. The lowest BCUT2D eigenvalue weighted by Crippen LogP contribution is -2.30. The van der Waals surface area contributed by atoms with E-state index in [0.717, 1.165) is 15.0 Å². The fourth-order valence-corrected chi connectivity index (χ4v) is 4.00. The number of carbonyl (C=O) groups excluding carboxylic acids is 2. The Kier molecular flexibility index (Phi) is 6.16. The summed E-state index contributed by atoms with van der Waals surface area (Å²) in [6, 6.07) is 9.53. The number of nitrogens with one attached hydrogen (secondary N) is 1. The third kappa shape index (κ3) is 4.43. The van der Waals surface area contributed by atoms with E-state index in [4.69, 9.17) is 16.3 Å². The summed E-state index contributed by atoms with van der Waals surface area (Å²) in [5.41, 5.74) is 0. The minimum absolute atomic E-state index is 0.0946. The van der Waals surface area contributed by atoms with Gasteiger partial charge in [-0.05, 0) is 32.9 Å². The normalized spacial score (nSPS) is 12.6. The molecule has 2 aromatic heterocycles. The number of esters is 1. The topological polar surface area (TPSA) is 73.2 Å². The van der Waals surface area contributed by atoms with E-state index in [1.54, 1.807) is 23.0 Å². The van der Waals surface area contributed by atoms with E-state index < -0.39 is 18.0 Å². The summed E-state index contributed by atoms with van der Waals surface area (Å²) in [5.74, 6) is -0.493. The first kappa shape index (κ1) is 20.1. The smallest absolute Gasteiger partial charge is 0.331 e. The Bertz CT molecular complexity index is 1040. The molecule has 0 aliphatic rings. The van der Waals surface area contributed by atoms with Crippen LogP contribution in [0.3, 0.4) is 0 Å². The van der Waals surface area contributed by atoms with Crippen LogP contribution >= 0.6 is 22.9 Å². The molecule has 6 nitrogen and oxygen atoms in total. The van der Waals surface area contributed by atoms with Gasteiger partial charge in [-0.1, -0.05) is 29.8 Å². The predicted octanol–water partition coefficient (Wildman–Crippen LogP) is 4.92. The maximum absolute atomic E-state index is 12.3. The molecule has 0 radical (unpaired) electrons. The van der Waals surface area contributed by atoms with Crippen molar-refractivity contribution in [2.75, 3.05) is 5.32 Å². The first-order valence-corrected chi connectivity index (χ1v) is 9.96. The van der Waals surface area contributed by atoms with E-state index in [0.29, 0.717) is 10.8 Å². The summed E-state index contributed by atoms with van der Waals surface area (Å²) < 4.78 is 7.90. The summed E-state index contributed by atoms with van der Waals surface area (Å²) >= 11 is 7.83. The highest BCUT2D eigenvalue weighted by Gasteiger charge is 2.19. The van der Waals surface area contributed by atoms with E-state index in [2.05, 4.69) is 10.4 Å². The maximum atomic E-state index is 12.3. The fraction of sp³-hybridized carbons (Fsp3) is 0.250. The van der Waals surface area contributed by atoms with Crippen LogP contribution in [-0.2, 0) is 14.3 Å². The number of hydrogen-bond acceptors (Lipinski definition) is 5. The zero-order valence-electron chi connectivity index (χ0n) is 15.7. The second-order valence-electron chi connectivity index (χ2n) is 6.43. The largest absolute Gasteiger partial charge is 0.449 e. The zero-order valence-corrected chi connectivity index (χ0v) is 17.3. The van der Waals surface area contributed by atoms with Gasteiger partial charge in [-0.25, -0.2) is 9.48 Å². The molecule has 3 aromatic rings. The molecule has 1 N–H and O–H groups in total. The third-order valence-corrected chi connectivity index (χ3v) is 5.66. The quantitative estimate of drug-likeness (QED) is 0.456. The highest BCUT2D eigenvalue weighted by Crippen LogP contribution is 2.35. The molecule has 2 heterocycles. The van der Waals surface area contributed by atoms with Crippen LogP contribution in [-0.4, -0.2) is 27.8 Å². The van der Waals surface area contributed by atoms with Crippen LogP contribution in [0.15, 0.2) is 42.6 Å².